The van der Waals surface area contributed by atoms with Crippen LogP contribution < -0.4 is 14.4 Å². The second-order valence-corrected chi connectivity index (χ2v) is 10.4. The van der Waals surface area contributed by atoms with Crippen molar-refractivity contribution < 1.29 is 22.7 Å². The maximum Gasteiger partial charge on any atom is 0.264 e. The predicted molar refractivity (Wildman–Crippen MR) is 144 cm³/mol. The summed E-state index contributed by atoms with van der Waals surface area (Å²) in [5.74, 6) is -0.211. The average molecular weight is 524 g/mol. The first-order valence-electron chi connectivity index (χ1n) is 12.0. The topological polar surface area (TPSA) is 96.0 Å². The molecule has 0 unspecified atom stereocenters. The van der Waals surface area contributed by atoms with Crippen LogP contribution in [0.2, 0.25) is 0 Å². The summed E-state index contributed by atoms with van der Waals surface area (Å²) < 4.78 is 33.9. The van der Waals surface area contributed by atoms with Gasteiger partial charge < -0.3 is 15.0 Å². The van der Waals surface area contributed by atoms with E-state index >= 15 is 0 Å². The van der Waals surface area contributed by atoms with Crippen LogP contribution in [0.1, 0.15) is 24.5 Å². The minimum atomic E-state index is -4.08. The molecule has 0 bridgehead atoms. The highest BCUT2D eigenvalue weighted by Gasteiger charge is 2.33. The zero-order chi connectivity index (χ0) is 27.0. The van der Waals surface area contributed by atoms with Crippen LogP contribution in [0.4, 0.5) is 5.69 Å². The zero-order valence-corrected chi connectivity index (χ0v) is 22.4. The Bertz CT molecular complexity index is 1330. The third-order valence-corrected chi connectivity index (χ3v) is 7.81. The number of sulfonamides is 1. The lowest BCUT2D eigenvalue weighted by Crippen LogP contribution is -2.51. The van der Waals surface area contributed by atoms with Gasteiger partial charge in [0.2, 0.25) is 11.8 Å². The number of ether oxygens (including phenoxy) is 1. The summed E-state index contributed by atoms with van der Waals surface area (Å²) in [6, 6.07) is 21.4. The minimum absolute atomic E-state index is 0.0713. The van der Waals surface area contributed by atoms with Crippen molar-refractivity contribution in [2.75, 3.05) is 25.0 Å². The molecule has 3 aromatic carbocycles. The molecule has 0 saturated heterocycles. The summed E-state index contributed by atoms with van der Waals surface area (Å²) in [4.78, 5) is 28.1. The molecule has 37 heavy (non-hydrogen) atoms. The van der Waals surface area contributed by atoms with Gasteiger partial charge in [-0.2, -0.15) is 0 Å². The summed E-state index contributed by atoms with van der Waals surface area (Å²) >= 11 is 0. The van der Waals surface area contributed by atoms with Crippen LogP contribution in [-0.2, 0) is 26.2 Å². The number of likely N-dealkylation sites (N-methyl/N-ethyl adjacent to an activating group) is 1. The Hall–Kier alpha value is -3.85. The van der Waals surface area contributed by atoms with Crippen LogP contribution >= 0.6 is 0 Å². The van der Waals surface area contributed by atoms with Gasteiger partial charge in [0.1, 0.15) is 18.3 Å². The van der Waals surface area contributed by atoms with E-state index in [0.29, 0.717) is 17.9 Å². The number of benzene rings is 3. The van der Waals surface area contributed by atoms with E-state index in [1.54, 1.807) is 61.7 Å². The van der Waals surface area contributed by atoms with Crippen molar-refractivity contribution in [1.82, 2.24) is 10.2 Å². The highest BCUT2D eigenvalue weighted by molar-refractivity contribution is 7.92. The molecule has 3 aromatic rings. The number of nitrogens with zero attached hydrogens (tertiary/aromatic N) is 2. The van der Waals surface area contributed by atoms with Crippen LogP contribution in [0.25, 0.3) is 0 Å². The fraction of sp³-hybridized carbons (Fsp3) is 0.286. The number of carbonyl (C=O) groups is 2. The van der Waals surface area contributed by atoms with E-state index in [0.717, 1.165) is 15.4 Å². The number of anilines is 1. The largest absolute Gasteiger partial charge is 0.497 e. The number of hydrogen-bond acceptors (Lipinski definition) is 5. The Labute approximate surface area is 218 Å². The van der Waals surface area contributed by atoms with Crippen LogP contribution in [0.3, 0.4) is 0 Å². The molecule has 2 amide bonds. The molecule has 196 valence electrons. The number of amides is 2. The molecule has 0 spiro atoms. The number of nitrogens with one attached hydrogen (secondary N) is 1. The number of methoxy groups -OCH3 is 1. The van der Waals surface area contributed by atoms with Gasteiger partial charge in [0.05, 0.1) is 17.7 Å². The van der Waals surface area contributed by atoms with Crippen molar-refractivity contribution in [2.24, 2.45) is 0 Å². The normalized spacial score (nSPS) is 11.9. The molecule has 1 N–H and O–H groups in total. The molecular weight excluding hydrogens is 490 g/mol. The monoisotopic (exact) mass is 523 g/mol. The molecule has 0 heterocycles. The van der Waals surface area contributed by atoms with E-state index in [9.17, 15) is 18.0 Å². The van der Waals surface area contributed by atoms with Crippen molar-refractivity contribution in [3.05, 3.63) is 90.0 Å². The summed E-state index contributed by atoms with van der Waals surface area (Å²) in [6.45, 7) is 3.30. The summed E-state index contributed by atoms with van der Waals surface area (Å²) in [5, 5.41) is 2.62. The molecule has 1 atom stereocenters. The maximum absolute atomic E-state index is 13.9. The molecule has 0 aliphatic heterocycles. The van der Waals surface area contributed by atoms with Gasteiger partial charge in [0, 0.05) is 13.6 Å². The van der Waals surface area contributed by atoms with E-state index in [4.69, 9.17) is 4.74 Å². The molecule has 0 radical (unpaired) electrons. The SMILES string of the molecule is CC[C@H](C(=O)NC)N(Cc1cccc(OC)c1)C(=O)CN(c1cccc(C)c1)S(=O)(=O)c1ccccc1. The smallest absolute Gasteiger partial charge is 0.264 e. The number of carbonyl (C=O) groups excluding carboxylic acids is 2. The first-order chi connectivity index (χ1) is 17.7. The van der Waals surface area contributed by atoms with Crippen LogP contribution in [0.15, 0.2) is 83.8 Å². The predicted octanol–water partition coefficient (Wildman–Crippen LogP) is 3.75. The average Bonchev–Trinajstić information content (AvgIpc) is 2.91. The number of aryl methyl sites for hydroxylation is 1. The fourth-order valence-corrected chi connectivity index (χ4v) is 5.51. The first kappa shape index (κ1) is 27.7. The third kappa shape index (κ3) is 6.68. The standard InChI is InChI=1S/C28H33N3O5S/c1-5-26(28(33)29-3)30(19-22-12-10-14-24(18-22)36-4)27(32)20-31(23-13-9-11-21(2)17-23)37(34,35)25-15-7-6-8-16-25/h6-18,26H,5,19-20H2,1-4H3,(H,29,33)/t26-/m1/s1. The van der Waals surface area contributed by atoms with Crippen molar-refractivity contribution in [2.45, 2.75) is 37.8 Å². The van der Waals surface area contributed by atoms with Gasteiger partial charge in [-0.05, 0) is 60.9 Å². The van der Waals surface area contributed by atoms with Gasteiger partial charge in [-0.25, -0.2) is 8.42 Å². The minimum Gasteiger partial charge on any atom is -0.497 e. The molecule has 0 saturated carbocycles. The van der Waals surface area contributed by atoms with Crippen LogP contribution in [0.5, 0.6) is 5.75 Å². The van der Waals surface area contributed by atoms with E-state index in [1.807, 2.05) is 26.0 Å². The first-order valence-corrected chi connectivity index (χ1v) is 13.4. The molecule has 8 nitrogen and oxygen atoms in total. The lowest BCUT2D eigenvalue weighted by Gasteiger charge is -2.33. The van der Waals surface area contributed by atoms with Crippen molar-refractivity contribution in [1.29, 1.82) is 0 Å². The Morgan fingerprint density at radius 2 is 1.68 bits per heavy atom. The molecular formula is C28H33N3O5S. The van der Waals surface area contributed by atoms with Crippen molar-refractivity contribution in [3.63, 3.8) is 0 Å². The van der Waals surface area contributed by atoms with Crippen LogP contribution in [0, 0.1) is 6.92 Å². The van der Waals surface area contributed by atoms with E-state index < -0.39 is 28.5 Å². The van der Waals surface area contributed by atoms with E-state index in [-0.39, 0.29) is 17.3 Å². The van der Waals surface area contributed by atoms with Gasteiger partial charge in [-0.1, -0.05) is 49.4 Å². The summed E-state index contributed by atoms with van der Waals surface area (Å²) in [5.41, 5.74) is 1.97. The lowest BCUT2D eigenvalue weighted by molar-refractivity contribution is -0.140. The zero-order valence-electron chi connectivity index (χ0n) is 21.5. The number of hydrogen-bond donors (Lipinski definition) is 1. The highest BCUT2D eigenvalue weighted by Crippen LogP contribution is 2.26. The maximum atomic E-state index is 13.9. The number of rotatable bonds is 11. The van der Waals surface area contributed by atoms with Gasteiger partial charge >= 0.3 is 0 Å². The Kier molecular flexibility index (Phi) is 9.30. The summed E-state index contributed by atoms with van der Waals surface area (Å²) in [7, 11) is -1.01. The van der Waals surface area contributed by atoms with E-state index in [2.05, 4.69) is 5.32 Å². The Morgan fingerprint density at radius 3 is 2.30 bits per heavy atom. The van der Waals surface area contributed by atoms with Gasteiger partial charge in [-0.3, -0.25) is 13.9 Å². The molecule has 9 heteroatoms. The summed E-state index contributed by atoms with van der Waals surface area (Å²) in [6.07, 6.45) is 0.352. The lowest BCUT2D eigenvalue weighted by atomic mass is 10.1. The second-order valence-electron chi connectivity index (χ2n) is 8.58. The molecule has 0 aliphatic carbocycles. The Balaban J connectivity index is 2.05. The van der Waals surface area contributed by atoms with Gasteiger partial charge in [0.15, 0.2) is 0 Å². The quantitative estimate of drug-likeness (QED) is 0.413. The highest BCUT2D eigenvalue weighted by atomic mass is 32.2. The van der Waals surface area contributed by atoms with Gasteiger partial charge in [0.25, 0.3) is 10.0 Å². The molecule has 0 aliphatic rings. The Morgan fingerprint density at radius 1 is 0.973 bits per heavy atom. The fourth-order valence-electron chi connectivity index (χ4n) is 4.09. The molecule has 0 aromatic heterocycles. The van der Waals surface area contributed by atoms with Crippen molar-refractivity contribution >= 4 is 27.5 Å². The van der Waals surface area contributed by atoms with E-state index in [1.165, 1.54) is 24.1 Å². The molecule has 0 fully saturated rings. The van der Waals surface area contributed by atoms with Crippen molar-refractivity contribution in [3.8, 4) is 5.75 Å². The second kappa shape index (κ2) is 12.4. The van der Waals surface area contributed by atoms with Crippen LogP contribution in [-0.4, -0.2) is 51.9 Å². The van der Waals surface area contributed by atoms with Gasteiger partial charge in [-0.15, -0.1) is 0 Å². The third-order valence-electron chi connectivity index (χ3n) is 6.02. The molecule has 3 rings (SSSR count).